The van der Waals surface area contributed by atoms with Gasteiger partial charge in [-0.15, -0.1) is 0 Å². The van der Waals surface area contributed by atoms with Crippen molar-refractivity contribution < 1.29 is 9.13 Å². The van der Waals surface area contributed by atoms with Crippen molar-refractivity contribution in [1.29, 1.82) is 0 Å². The van der Waals surface area contributed by atoms with E-state index in [1.807, 2.05) is 38.1 Å². The number of halogens is 2. The number of hydrogen-bond donors (Lipinski definition) is 1. The molecule has 0 aliphatic heterocycles. The molecule has 2 rings (SSSR count). The SMILES string of the molecule is CCC(N)C(Oc1ccc(F)c(Cl)c1)c1cccc(C)c1. The summed E-state index contributed by atoms with van der Waals surface area (Å²) in [6.07, 6.45) is 0.476. The van der Waals surface area contributed by atoms with Crippen LogP contribution in [0.4, 0.5) is 4.39 Å². The summed E-state index contributed by atoms with van der Waals surface area (Å²) < 4.78 is 19.2. The fourth-order valence-electron chi connectivity index (χ4n) is 2.16. The van der Waals surface area contributed by atoms with Gasteiger partial charge in [0, 0.05) is 12.1 Å². The van der Waals surface area contributed by atoms with E-state index < -0.39 is 5.82 Å². The Morgan fingerprint density at radius 1 is 1.24 bits per heavy atom. The number of rotatable bonds is 5. The Labute approximate surface area is 129 Å². The molecule has 0 aromatic heterocycles. The van der Waals surface area contributed by atoms with Gasteiger partial charge < -0.3 is 10.5 Å². The van der Waals surface area contributed by atoms with E-state index in [9.17, 15) is 4.39 Å². The highest BCUT2D eigenvalue weighted by molar-refractivity contribution is 6.30. The van der Waals surface area contributed by atoms with E-state index >= 15 is 0 Å². The first kappa shape index (κ1) is 15.8. The highest BCUT2D eigenvalue weighted by atomic mass is 35.5. The van der Waals surface area contributed by atoms with E-state index in [4.69, 9.17) is 22.1 Å². The lowest BCUT2D eigenvalue weighted by Gasteiger charge is -2.25. The lowest BCUT2D eigenvalue weighted by atomic mass is 9.99. The van der Waals surface area contributed by atoms with Crippen molar-refractivity contribution in [2.45, 2.75) is 32.4 Å². The van der Waals surface area contributed by atoms with Crippen molar-refractivity contribution in [3.8, 4) is 5.75 Å². The van der Waals surface area contributed by atoms with E-state index in [1.54, 1.807) is 6.07 Å². The molecule has 2 N–H and O–H groups in total. The van der Waals surface area contributed by atoms with Crippen molar-refractivity contribution in [2.24, 2.45) is 5.73 Å². The predicted molar refractivity (Wildman–Crippen MR) is 84.2 cm³/mol. The third-order valence-corrected chi connectivity index (χ3v) is 3.67. The smallest absolute Gasteiger partial charge is 0.142 e. The Morgan fingerprint density at radius 2 is 2.00 bits per heavy atom. The van der Waals surface area contributed by atoms with Crippen LogP contribution in [0.15, 0.2) is 42.5 Å². The van der Waals surface area contributed by atoms with Gasteiger partial charge in [-0.3, -0.25) is 0 Å². The van der Waals surface area contributed by atoms with Crippen LogP contribution in [0, 0.1) is 12.7 Å². The lowest BCUT2D eigenvalue weighted by molar-refractivity contribution is 0.171. The summed E-state index contributed by atoms with van der Waals surface area (Å²) in [5, 5.41) is 0.0422. The molecule has 0 amide bonds. The maximum atomic E-state index is 13.2. The fourth-order valence-corrected chi connectivity index (χ4v) is 2.33. The maximum Gasteiger partial charge on any atom is 0.142 e. The first-order chi connectivity index (χ1) is 10.0. The molecule has 0 saturated carbocycles. The van der Waals surface area contributed by atoms with Gasteiger partial charge in [0.1, 0.15) is 17.7 Å². The molecule has 4 heteroatoms. The second kappa shape index (κ2) is 6.92. The molecule has 2 aromatic carbocycles. The van der Waals surface area contributed by atoms with Crippen LogP contribution in [0.3, 0.4) is 0 Å². The van der Waals surface area contributed by atoms with Crippen LogP contribution in [-0.4, -0.2) is 6.04 Å². The van der Waals surface area contributed by atoms with Crippen LogP contribution in [0.2, 0.25) is 5.02 Å². The molecule has 2 aromatic rings. The third kappa shape index (κ3) is 3.96. The normalized spacial score (nSPS) is 13.8. The topological polar surface area (TPSA) is 35.2 Å². The van der Waals surface area contributed by atoms with Crippen LogP contribution < -0.4 is 10.5 Å². The molecule has 0 fully saturated rings. The fraction of sp³-hybridized carbons (Fsp3) is 0.294. The number of nitrogens with two attached hydrogens (primary N) is 1. The van der Waals surface area contributed by atoms with Crippen LogP contribution in [0.1, 0.15) is 30.6 Å². The highest BCUT2D eigenvalue weighted by Gasteiger charge is 2.21. The lowest BCUT2D eigenvalue weighted by Crippen LogP contribution is -2.31. The van der Waals surface area contributed by atoms with Crippen molar-refractivity contribution in [1.82, 2.24) is 0 Å². The van der Waals surface area contributed by atoms with Crippen molar-refractivity contribution in [3.05, 3.63) is 64.4 Å². The Morgan fingerprint density at radius 3 is 2.62 bits per heavy atom. The summed E-state index contributed by atoms with van der Waals surface area (Å²) >= 11 is 5.80. The van der Waals surface area contributed by atoms with Gasteiger partial charge in [-0.2, -0.15) is 0 Å². The van der Waals surface area contributed by atoms with Crippen molar-refractivity contribution in [3.63, 3.8) is 0 Å². The molecular formula is C17H19ClFNO. The molecule has 0 spiro atoms. The summed E-state index contributed by atoms with van der Waals surface area (Å²) in [4.78, 5) is 0. The minimum Gasteiger partial charge on any atom is -0.484 e. The van der Waals surface area contributed by atoms with Gasteiger partial charge in [0.15, 0.2) is 0 Å². The summed E-state index contributed by atoms with van der Waals surface area (Å²) in [6.45, 7) is 4.03. The molecule has 0 heterocycles. The molecule has 0 aliphatic rings. The average molecular weight is 308 g/mol. The third-order valence-electron chi connectivity index (χ3n) is 3.39. The predicted octanol–water partition coefficient (Wildman–Crippen LogP) is 4.64. The standard InChI is InChI=1S/C17H19ClFNO/c1-3-16(20)17(12-6-4-5-11(2)9-12)21-13-7-8-15(19)14(18)10-13/h4-10,16-17H,3,20H2,1-2H3. The van der Waals surface area contributed by atoms with Gasteiger partial charge >= 0.3 is 0 Å². The van der Waals surface area contributed by atoms with E-state index in [1.165, 1.54) is 12.1 Å². The molecule has 2 unspecified atom stereocenters. The minimum atomic E-state index is -0.462. The van der Waals surface area contributed by atoms with E-state index in [-0.39, 0.29) is 17.2 Å². The van der Waals surface area contributed by atoms with Gasteiger partial charge in [-0.05, 0) is 31.0 Å². The summed E-state index contributed by atoms with van der Waals surface area (Å²) in [7, 11) is 0. The molecule has 0 aliphatic carbocycles. The highest BCUT2D eigenvalue weighted by Crippen LogP contribution is 2.28. The van der Waals surface area contributed by atoms with Crippen LogP contribution >= 0.6 is 11.6 Å². The largest absolute Gasteiger partial charge is 0.484 e. The van der Waals surface area contributed by atoms with Crippen LogP contribution in [0.5, 0.6) is 5.75 Å². The average Bonchev–Trinajstić information content (AvgIpc) is 2.47. The zero-order valence-corrected chi connectivity index (χ0v) is 12.9. The molecule has 112 valence electrons. The van der Waals surface area contributed by atoms with E-state index in [0.29, 0.717) is 5.75 Å². The minimum absolute atomic E-state index is 0.0422. The van der Waals surface area contributed by atoms with Crippen molar-refractivity contribution in [2.75, 3.05) is 0 Å². The molecule has 0 saturated heterocycles. The van der Waals surface area contributed by atoms with Crippen LogP contribution in [0.25, 0.3) is 0 Å². The molecule has 2 atom stereocenters. The summed E-state index contributed by atoms with van der Waals surface area (Å²) in [5.74, 6) is 0.0488. The van der Waals surface area contributed by atoms with Gasteiger partial charge in [-0.25, -0.2) is 4.39 Å². The monoisotopic (exact) mass is 307 g/mol. The zero-order chi connectivity index (χ0) is 15.4. The molecule has 2 nitrogen and oxygen atoms in total. The maximum absolute atomic E-state index is 13.2. The Hall–Kier alpha value is -1.58. The molecular weight excluding hydrogens is 289 g/mol. The number of benzene rings is 2. The Balaban J connectivity index is 2.30. The zero-order valence-electron chi connectivity index (χ0n) is 12.1. The van der Waals surface area contributed by atoms with Gasteiger partial charge in [0.05, 0.1) is 5.02 Å². The molecule has 21 heavy (non-hydrogen) atoms. The number of aryl methyl sites for hydroxylation is 1. The molecule has 0 bridgehead atoms. The first-order valence-electron chi connectivity index (χ1n) is 6.95. The number of hydrogen-bond acceptors (Lipinski definition) is 2. The van der Waals surface area contributed by atoms with Gasteiger partial charge in [0.25, 0.3) is 0 Å². The second-order valence-corrected chi connectivity index (χ2v) is 5.51. The Bertz CT molecular complexity index is 617. The Kier molecular flexibility index (Phi) is 5.21. The summed E-state index contributed by atoms with van der Waals surface area (Å²) in [5.41, 5.74) is 8.33. The van der Waals surface area contributed by atoms with Gasteiger partial charge in [-0.1, -0.05) is 48.4 Å². The van der Waals surface area contributed by atoms with E-state index in [2.05, 4.69) is 0 Å². The first-order valence-corrected chi connectivity index (χ1v) is 7.33. The molecule has 0 radical (unpaired) electrons. The quantitative estimate of drug-likeness (QED) is 0.873. The van der Waals surface area contributed by atoms with Crippen molar-refractivity contribution >= 4 is 11.6 Å². The summed E-state index contributed by atoms with van der Waals surface area (Å²) in [6, 6.07) is 12.2. The second-order valence-electron chi connectivity index (χ2n) is 5.10. The van der Waals surface area contributed by atoms with E-state index in [0.717, 1.165) is 17.5 Å². The number of ether oxygens (including phenoxy) is 1. The van der Waals surface area contributed by atoms with Crippen LogP contribution in [-0.2, 0) is 0 Å². The van der Waals surface area contributed by atoms with Gasteiger partial charge in [0.2, 0.25) is 0 Å².